The Morgan fingerprint density at radius 2 is 2.19 bits per heavy atom. The van der Waals surface area contributed by atoms with Crippen LogP contribution in [0.3, 0.4) is 0 Å². The average molecular weight is 542 g/mol. The molecule has 5 N–H and O–H groups in total. The first kappa shape index (κ1) is 24.5. The van der Waals surface area contributed by atoms with Gasteiger partial charge in [-0.2, -0.15) is 0 Å². The summed E-state index contributed by atoms with van der Waals surface area (Å²) in [6, 6.07) is 5.97. The van der Waals surface area contributed by atoms with Crippen LogP contribution in [0.1, 0.15) is 5.69 Å². The number of rotatable bonds is 7. The molecule has 2 aliphatic rings. The second-order valence-corrected chi connectivity index (χ2v) is 10.2. The van der Waals surface area contributed by atoms with E-state index in [1.54, 1.807) is 40.5 Å². The topological polar surface area (TPSA) is 171 Å². The number of carbonyl (C=O) groups excluding carboxylic acids is 2. The summed E-state index contributed by atoms with van der Waals surface area (Å²) >= 11 is 2.48. The van der Waals surface area contributed by atoms with E-state index < -0.39 is 29.2 Å². The highest BCUT2D eigenvalue weighted by molar-refractivity contribution is 8.00. The lowest BCUT2D eigenvalue weighted by atomic mass is 10.0. The van der Waals surface area contributed by atoms with Gasteiger partial charge < -0.3 is 26.1 Å². The number of benzene rings is 1. The third-order valence-corrected chi connectivity index (χ3v) is 7.94. The number of carbonyl (C=O) groups is 3. The number of β-lactam (4-membered cyclic amide) rings is 1. The monoisotopic (exact) mass is 541 g/mol. The largest absolute Gasteiger partial charge is 0.507 e. The van der Waals surface area contributed by atoms with Crippen LogP contribution >= 0.6 is 23.1 Å². The highest BCUT2D eigenvalue weighted by Crippen LogP contribution is 2.40. The van der Waals surface area contributed by atoms with Gasteiger partial charge in [-0.3, -0.25) is 14.5 Å². The van der Waals surface area contributed by atoms with Gasteiger partial charge in [-0.25, -0.2) is 14.3 Å². The number of carboxylic acid groups (broad SMARTS) is 1. The molecule has 2 atom stereocenters. The number of hydrogen-bond acceptors (Lipinski definition) is 10. The highest BCUT2D eigenvalue weighted by atomic mass is 32.2. The van der Waals surface area contributed by atoms with Crippen LogP contribution in [-0.2, 0) is 25.8 Å². The maximum atomic E-state index is 13.0. The van der Waals surface area contributed by atoms with Crippen molar-refractivity contribution in [1.82, 2.24) is 15.2 Å². The zero-order valence-electron chi connectivity index (χ0n) is 19.3. The summed E-state index contributed by atoms with van der Waals surface area (Å²) in [4.78, 5) is 48.1. The number of carboxylic acids is 1. The Labute approximate surface area is 218 Å². The fraction of sp³-hybridized carbons (Fsp3) is 0.217. The van der Waals surface area contributed by atoms with Crippen LogP contribution in [0.5, 0.6) is 5.75 Å². The summed E-state index contributed by atoms with van der Waals surface area (Å²) in [5, 5.41) is 29.0. The molecule has 3 aromatic rings. The lowest BCUT2D eigenvalue weighted by Gasteiger charge is -2.49. The Morgan fingerprint density at radius 1 is 1.38 bits per heavy atom. The first-order chi connectivity index (χ1) is 17.8. The number of nitrogen functional groups attached to an aromatic ring is 1. The summed E-state index contributed by atoms with van der Waals surface area (Å²) < 4.78 is 1.80. The zero-order chi connectivity index (χ0) is 26.3. The van der Waals surface area contributed by atoms with Gasteiger partial charge in [-0.15, -0.1) is 23.1 Å². The van der Waals surface area contributed by atoms with Crippen LogP contribution < -0.4 is 15.6 Å². The van der Waals surface area contributed by atoms with E-state index >= 15 is 0 Å². The van der Waals surface area contributed by atoms with Crippen LogP contribution in [-0.4, -0.2) is 67.9 Å². The van der Waals surface area contributed by atoms with Gasteiger partial charge >= 0.3 is 5.97 Å². The molecule has 4 heterocycles. The van der Waals surface area contributed by atoms with Gasteiger partial charge in [0.2, 0.25) is 0 Å². The summed E-state index contributed by atoms with van der Waals surface area (Å²) in [5.41, 5.74) is 6.17. The Morgan fingerprint density at radius 3 is 2.89 bits per heavy atom. The number of fused-ring (bicyclic) bond motifs is 2. The number of oxime groups is 1. The number of anilines is 1. The van der Waals surface area contributed by atoms with Crippen molar-refractivity contribution in [3.63, 3.8) is 0 Å². The van der Waals surface area contributed by atoms with Crippen molar-refractivity contribution in [3.8, 4) is 5.75 Å². The van der Waals surface area contributed by atoms with Gasteiger partial charge in [0.05, 0.1) is 0 Å². The molecule has 37 heavy (non-hydrogen) atoms. The molecule has 2 amide bonds. The van der Waals surface area contributed by atoms with E-state index in [2.05, 4.69) is 15.5 Å². The van der Waals surface area contributed by atoms with E-state index in [1.165, 1.54) is 23.8 Å². The number of aromatic hydroxyl groups is 1. The van der Waals surface area contributed by atoms with Gasteiger partial charge in [-0.1, -0.05) is 11.2 Å². The molecule has 0 saturated carbocycles. The number of phenolic OH excluding ortho intramolecular Hbond substituents is 1. The minimum Gasteiger partial charge on any atom is -0.507 e. The van der Waals surface area contributed by atoms with Gasteiger partial charge in [0, 0.05) is 33.5 Å². The first-order valence-electron chi connectivity index (χ1n) is 10.9. The van der Waals surface area contributed by atoms with Gasteiger partial charge in [0.25, 0.3) is 11.8 Å². The molecule has 0 bridgehead atoms. The molecule has 1 unspecified atom stereocenters. The number of amides is 2. The van der Waals surface area contributed by atoms with Gasteiger partial charge in [0.15, 0.2) is 29.8 Å². The average Bonchev–Trinajstić information content (AvgIpc) is 3.31. The normalized spacial score (nSPS) is 19.4. The summed E-state index contributed by atoms with van der Waals surface area (Å²) in [7, 11) is 1.28. The Balaban J connectivity index is 1.36. The molecule has 5 rings (SSSR count). The molecular weight excluding hydrogens is 520 g/mol. The summed E-state index contributed by atoms with van der Waals surface area (Å²) in [6.45, 7) is 0.240. The van der Waals surface area contributed by atoms with Crippen molar-refractivity contribution < 1.29 is 34.0 Å². The lowest BCUT2D eigenvalue weighted by Crippen LogP contribution is -2.71. The molecule has 1 fully saturated rings. The molecule has 0 aliphatic carbocycles. The van der Waals surface area contributed by atoms with Crippen LogP contribution in [0.25, 0.3) is 10.8 Å². The molecule has 2 aliphatic heterocycles. The third kappa shape index (κ3) is 4.44. The number of thioether (sulfide) groups is 1. The number of nitrogens with zero attached hydrogens (tertiary/aromatic N) is 4. The molecule has 190 valence electrons. The molecule has 12 nitrogen and oxygen atoms in total. The van der Waals surface area contributed by atoms with E-state index in [1.807, 2.05) is 6.07 Å². The standard InChI is InChI=1S/C23H20N6O6S2/c1-35-27-16(14-10-37-23(24)25-14)19(31)26-17-20(32)29-18(22(33)34)12(9-36-21(17)29)8-28-6-5-13-11(7-28)3-2-4-15(13)30/h2-7,10,17,21H,8-9H2,1H3,(H4-,24,25,26,30,31,33,34)/p+1/t17?,21-/m1/s1. The molecule has 14 heteroatoms. The summed E-state index contributed by atoms with van der Waals surface area (Å²) in [5.74, 6) is -1.95. The molecule has 1 aromatic carbocycles. The van der Waals surface area contributed by atoms with Gasteiger partial charge in [-0.05, 0) is 12.1 Å². The van der Waals surface area contributed by atoms with Crippen molar-refractivity contribution in [2.75, 3.05) is 18.6 Å². The Bertz CT molecular complexity index is 1500. The maximum Gasteiger partial charge on any atom is 0.352 e. The minimum absolute atomic E-state index is 0.0965. The summed E-state index contributed by atoms with van der Waals surface area (Å²) in [6.07, 6.45) is 3.55. The lowest BCUT2D eigenvalue weighted by molar-refractivity contribution is -0.687. The third-order valence-electron chi connectivity index (χ3n) is 5.93. The van der Waals surface area contributed by atoms with Gasteiger partial charge in [0.1, 0.15) is 35.7 Å². The fourth-order valence-corrected chi connectivity index (χ4v) is 6.16. The van der Waals surface area contributed by atoms with Crippen LogP contribution in [0.2, 0.25) is 0 Å². The van der Waals surface area contributed by atoms with Crippen LogP contribution in [0, 0.1) is 0 Å². The Kier molecular flexibility index (Phi) is 6.43. The minimum atomic E-state index is -1.22. The molecule has 2 aromatic heterocycles. The Hall–Kier alpha value is -4.17. The van der Waals surface area contributed by atoms with Crippen LogP contribution in [0.4, 0.5) is 5.13 Å². The zero-order valence-corrected chi connectivity index (χ0v) is 21.0. The van der Waals surface area contributed by atoms with E-state index in [-0.39, 0.29) is 34.5 Å². The molecule has 1 saturated heterocycles. The number of pyridine rings is 1. The number of nitrogens with one attached hydrogen (secondary N) is 1. The highest BCUT2D eigenvalue weighted by Gasteiger charge is 2.54. The predicted octanol–water partition coefficient (Wildman–Crippen LogP) is 0.661. The second kappa shape index (κ2) is 9.71. The number of thiazole rings is 1. The van der Waals surface area contributed by atoms with E-state index in [0.717, 1.165) is 16.7 Å². The number of hydrogen-bond donors (Lipinski definition) is 4. The number of aromatic nitrogens is 2. The van der Waals surface area contributed by atoms with E-state index in [4.69, 9.17) is 10.6 Å². The number of aliphatic carboxylic acids is 1. The second-order valence-electron chi connectivity index (χ2n) is 8.21. The van der Waals surface area contributed by atoms with E-state index in [9.17, 15) is 24.6 Å². The van der Waals surface area contributed by atoms with Crippen LogP contribution in [0.15, 0.2) is 58.5 Å². The predicted molar refractivity (Wildman–Crippen MR) is 136 cm³/mol. The van der Waals surface area contributed by atoms with Crippen molar-refractivity contribution in [1.29, 1.82) is 0 Å². The van der Waals surface area contributed by atoms with Crippen molar-refractivity contribution >= 4 is 62.5 Å². The molecular formula is C23H21N6O6S2+. The molecule has 0 spiro atoms. The smallest absolute Gasteiger partial charge is 0.352 e. The van der Waals surface area contributed by atoms with E-state index in [0.29, 0.717) is 16.7 Å². The number of phenols is 1. The fourth-order valence-electron chi connectivity index (χ4n) is 4.28. The SMILES string of the molecule is CON=C(C(=O)NC1C(=O)N2C(C(=O)O)=C(C[n+]3ccc4c(O)cccc4c3)CS[C@H]12)c1csc(N)n1. The number of nitrogens with two attached hydrogens (primary N) is 1. The van der Waals surface area contributed by atoms with Crippen molar-refractivity contribution in [3.05, 3.63) is 59.0 Å². The first-order valence-corrected chi connectivity index (χ1v) is 12.9. The van der Waals surface area contributed by atoms with Crippen molar-refractivity contribution in [2.45, 2.75) is 18.0 Å². The van der Waals surface area contributed by atoms with Crippen molar-refractivity contribution in [2.24, 2.45) is 5.16 Å². The maximum absolute atomic E-state index is 13.0. The quantitative estimate of drug-likeness (QED) is 0.145. The molecule has 0 radical (unpaired) electrons.